The maximum Gasteiger partial charge on any atom is 0.246 e. The van der Waals surface area contributed by atoms with E-state index in [9.17, 15) is 4.79 Å². The van der Waals surface area contributed by atoms with Crippen molar-refractivity contribution in [3.05, 3.63) is 42.0 Å². The summed E-state index contributed by atoms with van der Waals surface area (Å²) < 4.78 is 10.9. The molecule has 25 heavy (non-hydrogen) atoms. The lowest BCUT2D eigenvalue weighted by atomic mass is 10.1. The molecule has 1 aromatic carbocycles. The van der Waals surface area contributed by atoms with Crippen molar-refractivity contribution in [3.63, 3.8) is 0 Å². The van der Waals surface area contributed by atoms with E-state index in [0.29, 0.717) is 0 Å². The first-order valence-corrected chi connectivity index (χ1v) is 9.24. The van der Waals surface area contributed by atoms with Crippen LogP contribution in [0, 0.1) is 0 Å². The standard InChI is InChI=1S/C20H28N2O3/c23-20(7-6-18-4-2-1-3-5-18)22(19-8-14-24-15-9-19)11-10-21-12-16-25-17-13-21/h1-7,19H,8-17H2/b7-6+. The van der Waals surface area contributed by atoms with E-state index in [1.165, 1.54) is 0 Å². The lowest BCUT2D eigenvalue weighted by molar-refractivity contribution is -0.130. The second kappa shape index (κ2) is 9.70. The van der Waals surface area contributed by atoms with Crippen molar-refractivity contribution in [2.24, 2.45) is 0 Å². The van der Waals surface area contributed by atoms with Crippen LogP contribution in [0.5, 0.6) is 0 Å². The Morgan fingerprint density at radius 3 is 2.48 bits per heavy atom. The molecule has 0 bridgehead atoms. The molecular formula is C20H28N2O3. The van der Waals surface area contributed by atoms with E-state index in [2.05, 4.69) is 4.90 Å². The molecule has 3 rings (SSSR count). The van der Waals surface area contributed by atoms with Gasteiger partial charge in [-0.15, -0.1) is 0 Å². The molecule has 2 aliphatic rings. The van der Waals surface area contributed by atoms with Crippen LogP contribution in [0.3, 0.4) is 0 Å². The molecular weight excluding hydrogens is 316 g/mol. The first-order chi connectivity index (χ1) is 12.3. The third kappa shape index (κ3) is 5.66. The topological polar surface area (TPSA) is 42.0 Å². The monoisotopic (exact) mass is 344 g/mol. The zero-order valence-corrected chi connectivity index (χ0v) is 14.8. The van der Waals surface area contributed by atoms with Crippen LogP contribution in [-0.4, -0.2) is 74.4 Å². The maximum absolute atomic E-state index is 12.8. The fourth-order valence-corrected chi connectivity index (χ4v) is 3.37. The minimum atomic E-state index is 0.101. The Morgan fingerprint density at radius 2 is 1.76 bits per heavy atom. The Kier molecular flexibility index (Phi) is 7.03. The molecule has 136 valence electrons. The highest BCUT2D eigenvalue weighted by atomic mass is 16.5. The summed E-state index contributed by atoms with van der Waals surface area (Å²) in [5.74, 6) is 0.101. The fourth-order valence-electron chi connectivity index (χ4n) is 3.37. The average Bonchev–Trinajstić information content (AvgIpc) is 2.69. The molecule has 0 radical (unpaired) electrons. The van der Waals surface area contributed by atoms with Gasteiger partial charge in [0.1, 0.15) is 0 Å². The summed E-state index contributed by atoms with van der Waals surface area (Å²) in [5.41, 5.74) is 1.05. The summed E-state index contributed by atoms with van der Waals surface area (Å²) in [4.78, 5) is 17.3. The van der Waals surface area contributed by atoms with Crippen molar-refractivity contribution in [2.45, 2.75) is 18.9 Å². The van der Waals surface area contributed by atoms with Gasteiger partial charge < -0.3 is 14.4 Å². The number of hydrogen-bond donors (Lipinski definition) is 0. The lowest BCUT2D eigenvalue weighted by Crippen LogP contribution is -2.48. The third-order valence-electron chi connectivity index (χ3n) is 4.89. The van der Waals surface area contributed by atoms with Crippen LogP contribution in [0.1, 0.15) is 18.4 Å². The first-order valence-electron chi connectivity index (χ1n) is 9.24. The molecule has 2 fully saturated rings. The van der Waals surface area contributed by atoms with E-state index < -0.39 is 0 Å². The largest absolute Gasteiger partial charge is 0.381 e. The SMILES string of the molecule is O=C(/C=C/c1ccccc1)N(CCN1CCOCC1)C1CCOCC1. The van der Waals surface area contributed by atoms with E-state index in [-0.39, 0.29) is 11.9 Å². The minimum Gasteiger partial charge on any atom is -0.381 e. The molecule has 0 spiro atoms. The van der Waals surface area contributed by atoms with E-state index in [4.69, 9.17) is 9.47 Å². The number of benzene rings is 1. The van der Waals surface area contributed by atoms with Crippen LogP contribution in [0.4, 0.5) is 0 Å². The van der Waals surface area contributed by atoms with E-state index in [0.717, 1.165) is 71.0 Å². The molecule has 0 aliphatic carbocycles. The summed E-state index contributed by atoms with van der Waals surface area (Å²) in [6.45, 7) is 6.65. The van der Waals surface area contributed by atoms with Gasteiger partial charge in [-0.3, -0.25) is 9.69 Å². The minimum absolute atomic E-state index is 0.101. The molecule has 5 heteroatoms. The molecule has 2 saturated heterocycles. The fraction of sp³-hybridized carbons (Fsp3) is 0.550. The second-order valence-corrected chi connectivity index (χ2v) is 6.57. The van der Waals surface area contributed by atoms with E-state index >= 15 is 0 Å². The highest BCUT2D eigenvalue weighted by Crippen LogP contribution is 2.16. The molecule has 0 saturated carbocycles. The zero-order chi connectivity index (χ0) is 17.3. The molecule has 2 aliphatic heterocycles. The summed E-state index contributed by atoms with van der Waals surface area (Å²) in [6.07, 6.45) is 5.47. The van der Waals surface area contributed by atoms with Gasteiger partial charge in [-0.1, -0.05) is 30.3 Å². The van der Waals surface area contributed by atoms with Gasteiger partial charge in [-0.2, -0.15) is 0 Å². The Balaban J connectivity index is 1.61. The van der Waals surface area contributed by atoms with Gasteiger partial charge in [0.05, 0.1) is 13.2 Å². The van der Waals surface area contributed by atoms with Crippen molar-refractivity contribution in [3.8, 4) is 0 Å². The second-order valence-electron chi connectivity index (χ2n) is 6.57. The molecule has 0 N–H and O–H groups in total. The lowest BCUT2D eigenvalue weighted by Gasteiger charge is -2.36. The first kappa shape index (κ1) is 18.1. The number of hydrogen-bond acceptors (Lipinski definition) is 4. The van der Waals surface area contributed by atoms with Crippen LogP contribution in [-0.2, 0) is 14.3 Å². The average molecular weight is 344 g/mol. The molecule has 1 aromatic rings. The van der Waals surface area contributed by atoms with Crippen molar-refractivity contribution < 1.29 is 14.3 Å². The van der Waals surface area contributed by atoms with Gasteiger partial charge in [-0.05, 0) is 24.5 Å². The summed E-state index contributed by atoms with van der Waals surface area (Å²) in [7, 11) is 0. The Hall–Kier alpha value is -1.69. The number of carbonyl (C=O) groups is 1. The number of rotatable bonds is 6. The van der Waals surface area contributed by atoms with Gasteiger partial charge in [0.15, 0.2) is 0 Å². The Bertz CT molecular complexity index is 549. The predicted molar refractivity (Wildman–Crippen MR) is 98.3 cm³/mol. The molecule has 5 nitrogen and oxygen atoms in total. The summed E-state index contributed by atoms with van der Waals surface area (Å²) in [5, 5.41) is 0. The summed E-state index contributed by atoms with van der Waals surface area (Å²) >= 11 is 0. The molecule has 2 heterocycles. The van der Waals surface area contributed by atoms with Gasteiger partial charge in [0.25, 0.3) is 0 Å². The van der Waals surface area contributed by atoms with Crippen molar-refractivity contribution in [1.29, 1.82) is 0 Å². The zero-order valence-electron chi connectivity index (χ0n) is 14.8. The van der Waals surface area contributed by atoms with Crippen molar-refractivity contribution in [1.82, 2.24) is 9.80 Å². The van der Waals surface area contributed by atoms with Crippen molar-refractivity contribution >= 4 is 12.0 Å². The number of ether oxygens (including phenoxy) is 2. The highest BCUT2D eigenvalue weighted by Gasteiger charge is 2.25. The summed E-state index contributed by atoms with van der Waals surface area (Å²) in [6, 6.07) is 10.3. The normalized spacial score (nSPS) is 20.0. The maximum atomic E-state index is 12.8. The van der Waals surface area contributed by atoms with Crippen LogP contribution in [0.2, 0.25) is 0 Å². The van der Waals surface area contributed by atoms with Crippen LogP contribution >= 0.6 is 0 Å². The number of nitrogens with zero attached hydrogens (tertiary/aromatic N) is 2. The van der Waals surface area contributed by atoms with Crippen LogP contribution < -0.4 is 0 Å². The van der Waals surface area contributed by atoms with Gasteiger partial charge in [0.2, 0.25) is 5.91 Å². The number of carbonyl (C=O) groups excluding carboxylic acids is 1. The number of amides is 1. The van der Waals surface area contributed by atoms with Gasteiger partial charge in [0, 0.05) is 51.5 Å². The quantitative estimate of drug-likeness (QED) is 0.741. The van der Waals surface area contributed by atoms with E-state index in [1.54, 1.807) is 6.08 Å². The van der Waals surface area contributed by atoms with Crippen LogP contribution in [0.15, 0.2) is 36.4 Å². The van der Waals surface area contributed by atoms with Gasteiger partial charge >= 0.3 is 0 Å². The third-order valence-corrected chi connectivity index (χ3v) is 4.89. The Morgan fingerprint density at radius 1 is 1.08 bits per heavy atom. The van der Waals surface area contributed by atoms with Crippen LogP contribution in [0.25, 0.3) is 6.08 Å². The molecule has 0 atom stereocenters. The highest BCUT2D eigenvalue weighted by molar-refractivity contribution is 5.92. The van der Waals surface area contributed by atoms with E-state index in [1.807, 2.05) is 41.3 Å². The van der Waals surface area contributed by atoms with Gasteiger partial charge in [-0.25, -0.2) is 0 Å². The molecule has 0 unspecified atom stereocenters. The smallest absolute Gasteiger partial charge is 0.246 e. The Labute approximate surface area is 150 Å². The molecule has 0 aromatic heterocycles. The number of morpholine rings is 1. The van der Waals surface area contributed by atoms with Crippen molar-refractivity contribution in [2.75, 3.05) is 52.6 Å². The molecule has 1 amide bonds. The predicted octanol–water partition coefficient (Wildman–Crippen LogP) is 2.04.